The van der Waals surface area contributed by atoms with Gasteiger partial charge in [-0.3, -0.25) is 4.90 Å². The fraction of sp³-hybridized carbons (Fsp3) is 0.667. The Balaban J connectivity index is 1.59. The molecule has 3 rings (SSSR count). The summed E-state index contributed by atoms with van der Waals surface area (Å²) in [6.45, 7) is 2.83. The van der Waals surface area contributed by atoms with Crippen molar-refractivity contribution in [2.24, 2.45) is 5.92 Å². The first-order valence-electron chi connectivity index (χ1n) is 7.73. The summed E-state index contributed by atoms with van der Waals surface area (Å²) in [6, 6.07) is 0.569. The van der Waals surface area contributed by atoms with E-state index in [4.69, 9.17) is 10.5 Å². The van der Waals surface area contributed by atoms with Gasteiger partial charge in [0.15, 0.2) is 11.5 Å². The average molecular weight is 290 g/mol. The molecule has 2 fully saturated rings. The monoisotopic (exact) mass is 290 g/mol. The molecule has 0 aliphatic carbocycles. The molecule has 2 atom stereocenters. The van der Waals surface area contributed by atoms with E-state index < -0.39 is 5.97 Å². The Morgan fingerprint density at radius 3 is 2.90 bits per heavy atom. The first kappa shape index (κ1) is 14.3. The van der Waals surface area contributed by atoms with Crippen LogP contribution in [-0.2, 0) is 4.74 Å². The van der Waals surface area contributed by atoms with Gasteiger partial charge < -0.3 is 10.5 Å². The van der Waals surface area contributed by atoms with Crippen LogP contribution in [-0.4, -0.2) is 46.6 Å². The standard InChI is InChI=1S/C15H22N4O2/c16-14-13(17-6-7-18-14)15(20)21-10-11-4-3-9-19-8-2-1-5-12(11)19/h6-7,11-12H,1-5,8-10H2,(H2,16,18). The SMILES string of the molecule is Nc1nccnc1C(=O)OCC1CCCN2CCCCC12. The Bertz CT molecular complexity index is 506. The lowest BCUT2D eigenvalue weighted by atomic mass is 9.84. The number of carbonyl (C=O) groups excluding carboxylic acids is 1. The minimum absolute atomic E-state index is 0.119. The Hall–Kier alpha value is -1.69. The number of ether oxygens (including phenoxy) is 1. The molecule has 0 bridgehead atoms. The third kappa shape index (κ3) is 3.15. The maximum atomic E-state index is 12.0. The molecule has 0 aromatic carbocycles. The number of rotatable bonds is 3. The molecule has 1 aromatic rings. The largest absolute Gasteiger partial charge is 0.461 e. The number of fused-ring (bicyclic) bond motifs is 1. The van der Waals surface area contributed by atoms with Crippen molar-refractivity contribution in [1.82, 2.24) is 14.9 Å². The summed E-state index contributed by atoms with van der Waals surface area (Å²) in [7, 11) is 0. The molecule has 0 saturated carbocycles. The first-order chi connectivity index (χ1) is 10.3. The molecular weight excluding hydrogens is 268 g/mol. The highest BCUT2D eigenvalue weighted by Gasteiger charge is 2.33. The molecule has 2 aliphatic heterocycles. The maximum absolute atomic E-state index is 12.0. The van der Waals surface area contributed by atoms with Crippen LogP contribution in [0.1, 0.15) is 42.6 Å². The molecular formula is C15H22N4O2. The van der Waals surface area contributed by atoms with E-state index in [-0.39, 0.29) is 11.5 Å². The van der Waals surface area contributed by atoms with E-state index >= 15 is 0 Å². The molecule has 114 valence electrons. The lowest BCUT2D eigenvalue weighted by molar-refractivity contribution is 0.00707. The zero-order valence-electron chi connectivity index (χ0n) is 12.2. The Morgan fingerprint density at radius 1 is 1.24 bits per heavy atom. The summed E-state index contributed by atoms with van der Waals surface area (Å²) >= 11 is 0. The number of esters is 1. The van der Waals surface area contributed by atoms with Crippen LogP contribution in [0.3, 0.4) is 0 Å². The number of piperidine rings is 2. The Morgan fingerprint density at radius 2 is 2.05 bits per heavy atom. The zero-order chi connectivity index (χ0) is 14.7. The van der Waals surface area contributed by atoms with Gasteiger partial charge in [-0.15, -0.1) is 0 Å². The van der Waals surface area contributed by atoms with Crippen molar-refractivity contribution >= 4 is 11.8 Å². The molecule has 2 saturated heterocycles. The summed E-state index contributed by atoms with van der Waals surface area (Å²) < 4.78 is 5.45. The van der Waals surface area contributed by atoms with E-state index in [2.05, 4.69) is 14.9 Å². The fourth-order valence-electron chi connectivity index (χ4n) is 3.53. The van der Waals surface area contributed by atoms with Gasteiger partial charge in [-0.2, -0.15) is 0 Å². The van der Waals surface area contributed by atoms with Crippen LogP contribution in [0.15, 0.2) is 12.4 Å². The number of anilines is 1. The summed E-state index contributed by atoms with van der Waals surface area (Å²) in [5.74, 6) is 0.0971. The second kappa shape index (κ2) is 6.39. The number of hydrogen-bond donors (Lipinski definition) is 1. The summed E-state index contributed by atoms with van der Waals surface area (Å²) in [6.07, 6.45) is 9.03. The van der Waals surface area contributed by atoms with E-state index in [1.807, 2.05) is 0 Å². The molecule has 2 N–H and O–H groups in total. The van der Waals surface area contributed by atoms with Crippen molar-refractivity contribution in [3.8, 4) is 0 Å². The number of nitrogens with two attached hydrogens (primary N) is 1. The minimum Gasteiger partial charge on any atom is -0.461 e. The van der Waals surface area contributed by atoms with Gasteiger partial charge in [0.1, 0.15) is 0 Å². The predicted octanol–water partition coefficient (Wildman–Crippen LogP) is 1.48. The molecule has 0 spiro atoms. The van der Waals surface area contributed by atoms with Gasteiger partial charge in [0.25, 0.3) is 0 Å². The third-order valence-corrected chi connectivity index (χ3v) is 4.58. The predicted molar refractivity (Wildman–Crippen MR) is 78.7 cm³/mol. The van der Waals surface area contributed by atoms with Crippen molar-refractivity contribution in [3.05, 3.63) is 18.1 Å². The Kier molecular flexibility index (Phi) is 4.34. The highest BCUT2D eigenvalue weighted by Crippen LogP contribution is 2.31. The quantitative estimate of drug-likeness (QED) is 0.849. The number of nitrogen functional groups attached to an aromatic ring is 1. The van der Waals surface area contributed by atoms with E-state index in [1.54, 1.807) is 0 Å². The topological polar surface area (TPSA) is 81.3 Å². The molecule has 6 heteroatoms. The first-order valence-corrected chi connectivity index (χ1v) is 7.73. The highest BCUT2D eigenvalue weighted by atomic mass is 16.5. The fourth-order valence-corrected chi connectivity index (χ4v) is 3.53. The molecule has 0 radical (unpaired) electrons. The van der Waals surface area contributed by atoms with Crippen molar-refractivity contribution in [2.75, 3.05) is 25.4 Å². The van der Waals surface area contributed by atoms with Gasteiger partial charge in [-0.25, -0.2) is 14.8 Å². The average Bonchev–Trinajstić information content (AvgIpc) is 2.53. The van der Waals surface area contributed by atoms with Crippen LogP contribution in [0, 0.1) is 5.92 Å². The number of carbonyl (C=O) groups is 1. The lowest BCUT2D eigenvalue weighted by Gasteiger charge is -2.44. The van der Waals surface area contributed by atoms with Gasteiger partial charge in [0, 0.05) is 24.4 Å². The summed E-state index contributed by atoms with van der Waals surface area (Å²) in [5.41, 5.74) is 5.77. The molecule has 2 unspecified atom stereocenters. The zero-order valence-corrected chi connectivity index (χ0v) is 12.2. The Labute approximate surface area is 124 Å². The van der Waals surface area contributed by atoms with Crippen LogP contribution < -0.4 is 5.73 Å². The van der Waals surface area contributed by atoms with Gasteiger partial charge in [0.05, 0.1) is 6.61 Å². The number of nitrogens with zero attached hydrogens (tertiary/aromatic N) is 3. The van der Waals surface area contributed by atoms with Gasteiger partial charge in [0.2, 0.25) is 0 Å². The van der Waals surface area contributed by atoms with Crippen molar-refractivity contribution < 1.29 is 9.53 Å². The van der Waals surface area contributed by atoms with E-state index in [9.17, 15) is 4.79 Å². The van der Waals surface area contributed by atoms with Gasteiger partial charge >= 0.3 is 5.97 Å². The van der Waals surface area contributed by atoms with Gasteiger partial charge in [-0.1, -0.05) is 6.42 Å². The lowest BCUT2D eigenvalue weighted by Crippen LogP contribution is -2.49. The van der Waals surface area contributed by atoms with Crippen molar-refractivity contribution in [2.45, 2.75) is 38.1 Å². The van der Waals surface area contributed by atoms with E-state index in [0.717, 1.165) is 6.42 Å². The molecule has 0 amide bonds. The second-order valence-corrected chi connectivity index (χ2v) is 5.89. The van der Waals surface area contributed by atoms with Crippen LogP contribution in [0.5, 0.6) is 0 Å². The summed E-state index contributed by atoms with van der Waals surface area (Å²) in [5, 5.41) is 0. The molecule has 2 aliphatic rings. The number of aromatic nitrogens is 2. The second-order valence-electron chi connectivity index (χ2n) is 5.89. The van der Waals surface area contributed by atoms with Crippen LogP contribution >= 0.6 is 0 Å². The normalized spacial score (nSPS) is 26.1. The molecule has 6 nitrogen and oxygen atoms in total. The third-order valence-electron chi connectivity index (χ3n) is 4.58. The molecule has 21 heavy (non-hydrogen) atoms. The van der Waals surface area contributed by atoms with Crippen molar-refractivity contribution in [1.29, 1.82) is 0 Å². The van der Waals surface area contributed by atoms with Gasteiger partial charge in [-0.05, 0) is 38.8 Å². The minimum atomic E-state index is -0.464. The number of hydrogen-bond acceptors (Lipinski definition) is 6. The molecule has 3 heterocycles. The molecule has 1 aromatic heterocycles. The van der Waals surface area contributed by atoms with Crippen LogP contribution in [0.2, 0.25) is 0 Å². The van der Waals surface area contributed by atoms with Crippen molar-refractivity contribution in [3.63, 3.8) is 0 Å². The van der Waals surface area contributed by atoms with E-state index in [1.165, 1.54) is 51.2 Å². The van der Waals surface area contributed by atoms with Crippen LogP contribution in [0.25, 0.3) is 0 Å². The summed E-state index contributed by atoms with van der Waals surface area (Å²) in [4.78, 5) is 22.4. The highest BCUT2D eigenvalue weighted by molar-refractivity contribution is 5.91. The van der Waals surface area contributed by atoms with Crippen LogP contribution in [0.4, 0.5) is 5.82 Å². The van der Waals surface area contributed by atoms with E-state index in [0.29, 0.717) is 18.6 Å². The smallest absolute Gasteiger partial charge is 0.360 e. The maximum Gasteiger partial charge on any atom is 0.360 e.